The summed E-state index contributed by atoms with van der Waals surface area (Å²) in [6.45, 7) is 4.15. The third-order valence-electron chi connectivity index (χ3n) is 4.21. The topological polar surface area (TPSA) is 62.5 Å². The van der Waals surface area contributed by atoms with Gasteiger partial charge in [0.1, 0.15) is 0 Å². The third-order valence-corrected chi connectivity index (χ3v) is 5.85. The van der Waals surface area contributed by atoms with Crippen molar-refractivity contribution in [3.63, 3.8) is 0 Å². The molecule has 0 saturated carbocycles. The molecular weight excluding hydrogens is 388 g/mol. The van der Waals surface area contributed by atoms with Crippen LogP contribution in [0.2, 0.25) is 0 Å². The number of carbonyl (C=O) groups excluding carboxylic acids is 1. The Balaban J connectivity index is 1.47. The van der Waals surface area contributed by atoms with Gasteiger partial charge in [0, 0.05) is 56.4 Å². The highest BCUT2D eigenvalue weighted by Gasteiger charge is 2.25. The van der Waals surface area contributed by atoms with Crippen LogP contribution in [0.5, 0.6) is 0 Å². The molecule has 1 amide bonds. The Morgan fingerprint density at radius 3 is 2.54 bits per heavy atom. The fourth-order valence-corrected chi connectivity index (χ4v) is 4.41. The molecule has 1 saturated heterocycles. The van der Waals surface area contributed by atoms with E-state index in [1.165, 1.54) is 5.56 Å². The molecule has 7 heteroatoms. The van der Waals surface area contributed by atoms with Crippen LogP contribution in [-0.4, -0.2) is 52.9 Å². The minimum absolute atomic E-state index is 0.0584. The van der Waals surface area contributed by atoms with E-state index in [2.05, 4.69) is 25.8 Å². The number of rotatable bonds is 5. The molecule has 3 heterocycles. The van der Waals surface area contributed by atoms with E-state index < -0.39 is 6.04 Å². The molecule has 0 bridgehead atoms. The number of carbonyl (C=O) groups is 1. The van der Waals surface area contributed by atoms with E-state index in [4.69, 9.17) is 5.73 Å². The lowest BCUT2D eigenvalue weighted by Gasteiger charge is -2.35. The largest absolute Gasteiger partial charge is 0.339 e. The molecule has 0 radical (unpaired) electrons. The average Bonchev–Trinajstić information content (AvgIpc) is 3.00. The Kier molecular flexibility index (Phi) is 5.99. The van der Waals surface area contributed by atoms with Crippen molar-refractivity contribution in [2.75, 3.05) is 26.2 Å². The molecule has 1 aliphatic heterocycles. The summed E-state index contributed by atoms with van der Waals surface area (Å²) in [4.78, 5) is 22.0. The van der Waals surface area contributed by atoms with Crippen molar-refractivity contribution in [1.82, 2.24) is 14.8 Å². The van der Waals surface area contributed by atoms with E-state index in [0.717, 1.165) is 41.4 Å². The van der Waals surface area contributed by atoms with Crippen molar-refractivity contribution >= 4 is 33.2 Å². The first-order chi connectivity index (χ1) is 11.6. The van der Waals surface area contributed by atoms with Crippen molar-refractivity contribution in [2.45, 2.75) is 19.0 Å². The van der Waals surface area contributed by atoms with E-state index in [9.17, 15) is 4.79 Å². The second kappa shape index (κ2) is 8.20. The molecule has 2 aromatic rings. The maximum Gasteiger partial charge on any atom is 0.239 e. The maximum absolute atomic E-state index is 12.5. The normalized spacial score (nSPS) is 17.0. The smallest absolute Gasteiger partial charge is 0.239 e. The lowest BCUT2D eigenvalue weighted by molar-refractivity contribution is -0.134. The van der Waals surface area contributed by atoms with E-state index in [1.54, 1.807) is 11.3 Å². The number of amides is 1. The number of thiophene rings is 1. The van der Waals surface area contributed by atoms with Crippen LogP contribution >= 0.6 is 27.3 Å². The molecule has 24 heavy (non-hydrogen) atoms. The van der Waals surface area contributed by atoms with Gasteiger partial charge in [-0.2, -0.15) is 0 Å². The van der Waals surface area contributed by atoms with Gasteiger partial charge in [-0.3, -0.25) is 14.7 Å². The zero-order valence-corrected chi connectivity index (χ0v) is 15.8. The van der Waals surface area contributed by atoms with Gasteiger partial charge in [0.25, 0.3) is 0 Å². The number of hydrogen-bond acceptors (Lipinski definition) is 5. The number of hydrogen-bond donors (Lipinski definition) is 1. The number of piperazine rings is 1. The lowest BCUT2D eigenvalue weighted by atomic mass is 10.1. The standard InChI is InChI=1S/C17H21BrN4OS/c18-16-2-1-14(24-16)11-15(19)17(23)22-9-7-21(8-10-22)12-13-3-5-20-6-4-13/h1-6,15H,7-12,19H2. The van der Waals surface area contributed by atoms with E-state index in [1.807, 2.05) is 41.6 Å². The molecule has 1 unspecified atom stereocenters. The zero-order chi connectivity index (χ0) is 16.9. The summed E-state index contributed by atoms with van der Waals surface area (Å²) in [5.41, 5.74) is 7.38. The number of halogens is 1. The Morgan fingerprint density at radius 1 is 1.21 bits per heavy atom. The molecule has 5 nitrogen and oxygen atoms in total. The highest BCUT2D eigenvalue weighted by molar-refractivity contribution is 9.11. The van der Waals surface area contributed by atoms with E-state index in [0.29, 0.717) is 6.42 Å². The van der Waals surface area contributed by atoms with Crippen molar-refractivity contribution < 1.29 is 4.79 Å². The Bertz CT molecular complexity index is 670. The van der Waals surface area contributed by atoms with Gasteiger partial charge in [-0.25, -0.2) is 0 Å². The summed E-state index contributed by atoms with van der Waals surface area (Å²) in [7, 11) is 0. The minimum Gasteiger partial charge on any atom is -0.339 e. The summed E-state index contributed by atoms with van der Waals surface area (Å²) in [6, 6.07) is 7.63. The van der Waals surface area contributed by atoms with Gasteiger partial charge in [-0.1, -0.05) is 0 Å². The molecule has 1 aliphatic rings. The van der Waals surface area contributed by atoms with E-state index in [-0.39, 0.29) is 5.91 Å². The summed E-state index contributed by atoms with van der Waals surface area (Å²) >= 11 is 5.08. The first kappa shape index (κ1) is 17.5. The molecule has 0 aromatic carbocycles. The first-order valence-electron chi connectivity index (χ1n) is 8.01. The SMILES string of the molecule is NC(Cc1ccc(Br)s1)C(=O)N1CCN(Cc2ccncc2)CC1. The molecule has 2 N–H and O–H groups in total. The number of aromatic nitrogens is 1. The molecule has 1 atom stereocenters. The number of pyridine rings is 1. The highest BCUT2D eigenvalue weighted by Crippen LogP contribution is 2.23. The fourth-order valence-electron chi connectivity index (χ4n) is 2.87. The van der Waals surface area contributed by atoms with Crippen LogP contribution in [0.1, 0.15) is 10.4 Å². The van der Waals surface area contributed by atoms with Gasteiger partial charge in [-0.05, 0) is 45.8 Å². The predicted molar refractivity (Wildman–Crippen MR) is 99.8 cm³/mol. The summed E-state index contributed by atoms with van der Waals surface area (Å²) in [6.07, 6.45) is 4.24. The quantitative estimate of drug-likeness (QED) is 0.822. The van der Waals surface area contributed by atoms with E-state index >= 15 is 0 Å². The second-order valence-corrected chi connectivity index (χ2v) is 8.52. The van der Waals surface area contributed by atoms with Gasteiger partial charge in [0.15, 0.2) is 0 Å². The second-order valence-electron chi connectivity index (χ2n) is 5.97. The minimum atomic E-state index is -0.456. The van der Waals surface area contributed by atoms with Gasteiger partial charge >= 0.3 is 0 Å². The summed E-state index contributed by atoms with van der Waals surface area (Å²) in [5.74, 6) is 0.0584. The molecule has 0 spiro atoms. The Morgan fingerprint density at radius 2 is 1.92 bits per heavy atom. The fraction of sp³-hybridized carbons (Fsp3) is 0.412. The van der Waals surface area contributed by atoms with Crippen molar-refractivity contribution in [3.8, 4) is 0 Å². The monoisotopic (exact) mass is 408 g/mol. The van der Waals surface area contributed by atoms with Crippen LogP contribution in [0.3, 0.4) is 0 Å². The van der Waals surface area contributed by atoms with Crippen molar-refractivity contribution in [1.29, 1.82) is 0 Å². The van der Waals surface area contributed by atoms with Crippen molar-refractivity contribution in [2.24, 2.45) is 5.73 Å². The lowest BCUT2D eigenvalue weighted by Crippen LogP contribution is -2.53. The summed E-state index contributed by atoms with van der Waals surface area (Å²) in [5, 5.41) is 0. The zero-order valence-electron chi connectivity index (χ0n) is 13.4. The van der Waals surface area contributed by atoms with Crippen LogP contribution < -0.4 is 5.73 Å². The van der Waals surface area contributed by atoms with Gasteiger partial charge in [0.2, 0.25) is 5.91 Å². The molecule has 128 valence electrons. The van der Waals surface area contributed by atoms with Gasteiger partial charge < -0.3 is 10.6 Å². The van der Waals surface area contributed by atoms with Crippen LogP contribution in [0.25, 0.3) is 0 Å². The molecule has 3 rings (SSSR count). The highest BCUT2D eigenvalue weighted by atomic mass is 79.9. The molecular formula is C17H21BrN4OS. The predicted octanol–water partition coefficient (Wildman–Crippen LogP) is 2.12. The maximum atomic E-state index is 12.5. The molecule has 1 fully saturated rings. The Labute approximate surface area is 154 Å². The van der Waals surface area contributed by atoms with Gasteiger partial charge in [0.05, 0.1) is 9.83 Å². The number of nitrogens with two attached hydrogens (primary N) is 1. The number of nitrogens with zero attached hydrogens (tertiary/aromatic N) is 3. The van der Waals surface area contributed by atoms with Crippen LogP contribution in [0.15, 0.2) is 40.4 Å². The Hall–Kier alpha value is -1.28. The molecule has 0 aliphatic carbocycles. The van der Waals surface area contributed by atoms with Crippen molar-refractivity contribution in [3.05, 3.63) is 50.9 Å². The van der Waals surface area contributed by atoms with Crippen LogP contribution in [0, 0.1) is 0 Å². The molecule has 2 aromatic heterocycles. The van der Waals surface area contributed by atoms with Crippen LogP contribution in [0.4, 0.5) is 0 Å². The first-order valence-corrected chi connectivity index (χ1v) is 9.62. The summed E-state index contributed by atoms with van der Waals surface area (Å²) < 4.78 is 1.07. The van der Waals surface area contributed by atoms with Crippen LogP contribution in [-0.2, 0) is 17.8 Å². The third kappa shape index (κ3) is 4.63. The van der Waals surface area contributed by atoms with Gasteiger partial charge in [-0.15, -0.1) is 11.3 Å². The average molecular weight is 409 g/mol.